The Morgan fingerprint density at radius 3 is 2.60 bits per heavy atom. The number of aromatic nitrogens is 1. The topological polar surface area (TPSA) is 26.0 Å². The fourth-order valence-corrected chi connectivity index (χ4v) is 1.73. The molecule has 2 heteroatoms. The Morgan fingerprint density at radius 1 is 0.867 bits per heavy atom. The van der Waals surface area contributed by atoms with Crippen LogP contribution in [0, 0.1) is 0 Å². The SMILES string of the molecule is c1ccc(-c2cccc3ncoc23)cc1. The molecule has 0 aliphatic rings. The molecule has 1 aromatic heterocycles. The van der Waals surface area contributed by atoms with E-state index in [0.29, 0.717) is 0 Å². The van der Waals surface area contributed by atoms with Crippen LogP contribution >= 0.6 is 0 Å². The van der Waals surface area contributed by atoms with Gasteiger partial charge < -0.3 is 4.42 Å². The van der Waals surface area contributed by atoms with Crippen molar-refractivity contribution in [2.75, 3.05) is 0 Å². The van der Waals surface area contributed by atoms with Gasteiger partial charge in [-0.15, -0.1) is 0 Å². The molecule has 72 valence electrons. The van der Waals surface area contributed by atoms with Crippen molar-refractivity contribution in [3.8, 4) is 11.1 Å². The van der Waals surface area contributed by atoms with Gasteiger partial charge in [-0.25, -0.2) is 4.98 Å². The summed E-state index contributed by atoms with van der Waals surface area (Å²) in [6.07, 6.45) is 1.48. The third-order valence-corrected chi connectivity index (χ3v) is 2.44. The standard InChI is InChI=1S/C13H9NO/c1-2-5-10(6-3-1)11-7-4-8-12-13(11)15-9-14-12/h1-9H. The van der Waals surface area contributed by atoms with Crippen LogP contribution in [-0.2, 0) is 0 Å². The Kier molecular flexibility index (Phi) is 1.78. The second-order valence-corrected chi connectivity index (χ2v) is 3.37. The number of oxazole rings is 1. The fraction of sp³-hybridized carbons (Fsp3) is 0. The molecule has 0 saturated carbocycles. The lowest BCUT2D eigenvalue weighted by Gasteiger charge is -2.00. The molecule has 3 aromatic rings. The van der Waals surface area contributed by atoms with Crippen molar-refractivity contribution in [3.05, 3.63) is 54.9 Å². The van der Waals surface area contributed by atoms with Crippen LogP contribution in [0.1, 0.15) is 0 Å². The van der Waals surface area contributed by atoms with Gasteiger partial charge in [-0.3, -0.25) is 0 Å². The minimum absolute atomic E-state index is 0.851. The molecular weight excluding hydrogens is 186 g/mol. The van der Waals surface area contributed by atoms with Gasteiger partial charge in [0.2, 0.25) is 0 Å². The molecule has 15 heavy (non-hydrogen) atoms. The lowest BCUT2D eigenvalue weighted by Crippen LogP contribution is -1.77. The summed E-state index contributed by atoms with van der Waals surface area (Å²) in [6.45, 7) is 0. The maximum Gasteiger partial charge on any atom is 0.182 e. The Balaban J connectivity index is 2.31. The van der Waals surface area contributed by atoms with Gasteiger partial charge in [0.15, 0.2) is 12.0 Å². The predicted molar refractivity (Wildman–Crippen MR) is 59.4 cm³/mol. The Hall–Kier alpha value is -2.09. The number of nitrogens with zero attached hydrogens (tertiary/aromatic N) is 1. The van der Waals surface area contributed by atoms with Crippen molar-refractivity contribution >= 4 is 11.1 Å². The van der Waals surface area contributed by atoms with E-state index in [1.54, 1.807) is 0 Å². The van der Waals surface area contributed by atoms with Crippen LogP contribution in [0.2, 0.25) is 0 Å². The molecule has 0 atom stereocenters. The summed E-state index contributed by atoms with van der Waals surface area (Å²) in [5.74, 6) is 0. The zero-order chi connectivity index (χ0) is 10.1. The first-order chi connectivity index (χ1) is 7.45. The van der Waals surface area contributed by atoms with Crippen LogP contribution in [0.4, 0.5) is 0 Å². The second kappa shape index (κ2) is 3.24. The Bertz CT molecular complexity index is 584. The quantitative estimate of drug-likeness (QED) is 0.594. The lowest BCUT2D eigenvalue weighted by atomic mass is 10.1. The molecule has 3 rings (SSSR count). The third-order valence-electron chi connectivity index (χ3n) is 2.44. The van der Waals surface area contributed by atoms with E-state index in [-0.39, 0.29) is 0 Å². The Morgan fingerprint density at radius 2 is 1.73 bits per heavy atom. The smallest absolute Gasteiger partial charge is 0.182 e. The van der Waals surface area contributed by atoms with Crippen molar-refractivity contribution in [2.45, 2.75) is 0 Å². The molecule has 0 unspecified atom stereocenters. The van der Waals surface area contributed by atoms with E-state index < -0.39 is 0 Å². The summed E-state index contributed by atoms with van der Waals surface area (Å²) in [6, 6.07) is 16.2. The minimum atomic E-state index is 0.851. The first kappa shape index (κ1) is 8.24. The molecule has 0 N–H and O–H groups in total. The van der Waals surface area contributed by atoms with Crippen LogP contribution in [0.25, 0.3) is 22.2 Å². The highest BCUT2D eigenvalue weighted by atomic mass is 16.3. The van der Waals surface area contributed by atoms with Crippen LogP contribution < -0.4 is 0 Å². The summed E-state index contributed by atoms with van der Waals surface area (Å²) in [4.78, 5) is 4.14. The number of para-hydroxylation sites is 1. The number of benzene rings is 2. The van der Waals surface area contributed by atoms with Crippen LogP contribution in [0.15, 0.2) is 59.3 Å². The first-order valence-corrected chi connectivity index (χ1v) is 4.83. The van der Waals surface area contributed by atoms with E-state index in [0.717, 1.165) is 22.2 Å². The van der Waals surface area contributed by atoms with Crippen LogP contribution in [0.3, 0.4) is 0 Å². The number of rotatable bonds is 1. The minimum Gasteiger partial charge on any atom is -0.443 e. The van der Waals surface area contributed by atoms with E-state index in [1.165, 1.54) is 6.39 Å². The van der Waals surface area contributed by atoms with Gasteiger partial charge in [0.1, 0.15) is 5.52 Å². The summed E-state index contributed by atoms with van der Waals surface area (Å²) in [5, 5.41) is 0. The molecule has 0 spiro atoms. The van der Waals surface area contributed by atoms with Crippen molar-refractivity contribution in [3.63, 3.8) is 0 Å². The molecule has 0 saturated heterocycles. The summed E-state index contributed by atoms with van der Waals surface area (Å²) < 4.78 is 5.39. The highest BCUT2D eigenvalue weighted by Gasteiger charge is 2.05. The molecule has 0 aliphatic heterocycles. The average Bonchev–Trinajstić information content (AvgIpc) is 2.78. The van der Waals surface area contributed by atoms with Crippen molar-refractivity contribution in [1.29, 1.82) is 0 Å². The lowest BCUT2D eigenvalue weighted by molar-refractivity contribution is 0.603. The van der Waals surface area contributed by atoms with Crippen molar-refractivity contribution in [2.24, 2.45) is 0 Å². The monoisotopic (exact) mass is 195 g/mol. The highest BCUT2D eigenvalue weighted by molar-refractivity contribution is 5.89. The Labute approximate surface area is 87.2 Å². The van der Waals surface area contributed by atoms with Gasteiger partial charge in [-0.2, -0.15) is 0 Å². The molecule has 0 radical (unpaired) electrons. The molecule has 0 amide bonds. The molecule has 2 aromatic carbocycles. The first-order valence-electron chi connectivity index (χ1n) is 4.83. The van der Waals surface area contributed by atoms with Gasteiger partial charge in [0, 0.05) is 5.56 Å². The van der Waals surface area contributed by atoms with Gasteiger partial charge in [-0.1, -0.05) is 42.5 Å². The van der Waals surface area contributed by atoms with Gasteiger partial charge in [0.25, 0.3) is 0 Å². The van der Waals surface area contributed by atoms with E-state index in [1.807, 2.05) is 36.4 Å². The fourth-order valence-electron chi connectivity index (χ4n) is 1.73. The molecule has 2 nitrogen and oxygen atoms in total. The normalized spacial score (nSPS) is 10.7. The van der Waals surface area contributed by atoms with E-state index in [9.17, 15) is 0 Å². The largest absolute Gasteiger partial charge is 0.443 e. The zero-order valence-electron chi connectivity index (χ0n) is 8.05. The predicted octanol–water partition coefficient (Wildman–Crippen LogP) is 3.49. The summed E-state index contributed by atoms with van der Waals surface area (Å²) in [5.41, 5.74) is 3.99. The number of hydrogen-bond acceptors (Lipinski definition) is 2. The number of fused-ring (bicyclic) bond motifs is 1. The molecule has 0 aliphatic carbocycles. The van der Waals surface area contributed by atoms with E-state index in [2.05, 4.69) is 17.1 Å². The van der Waals surface area contributed by atoms with E-state index >= 15 is 0 Å². The van der Waals surface area contributed by atoms with Crippen LogP contribution in [0.5, 0.6) is 0 Å². The molecular formula is C13H9NO. The maximum atomic E-state index is 5.39. The molecule has 0 bridgehead atoms. The highest BCUT2D eigenvalue weighted by Crippen LogP contribution is 2.27. The van der Waals surface area contributed by atoms with Gasteiger partial charge >= 0.3 is 0 Å². The van der Waals surface area contributed by atoms with Gasteiger partial charge in [-0.05, 0) is 11.6 Å². The summed E-state index contributed by atoms with van der Waals surface area (Å²) >= 11 is 0. The third kappa shape index (κ3) is 1.31. The molecule has 0 fully saturated rings. The van der Waals surface area contributed by atoms with Gasteiger partial charge in [0.05, 0.1) is 0 Å². The number of hydrogen-bond donors (Lipinski definition) is 0. The van der Waals surface area contributed by atoms with E-state index in [4.69, 9.17) is 4.42 Å². The van der Waals surface area contributed by atoms with Crippen molar-refractivity contribution in [1.82, 2.24) is 4.98 Å². The average molecular weight is 195 g/mol. The second-order valence-electron chi connectivity index (χ2n) is 3.37. The zero-order valence-corrected chi connectivity index (χ0v) is 8.05. The maximum absolute atomic E-state index is 5.39. The molecule has 1 heterocycles. The van der Waals surface area contributed by atoms with Crippen LogP contribution in [-0.4, -0.2) is 4.98 Å². The van der Waals surface area contributed by atoms with Crippen molar-refractivity contribution < 1.29 is 4.42 Å². The summed E-state index contributed by atoms with van der Waals surface area (Å²) in [7, 11) is 0.